The van der Waals surface area contributed by atoms with E-state index in [0.717, 1.165) is 21.8 Å². The van der Waals surface area contributed by atoms with E-state index in [1.54, 1.807) is 17.5 Å². The van der Waals surface area contributed by atoms with Crippen LogP contribution in [0.3, 0.4) is 0 Å². The molecule has 0 radical (unpaired) electrons. The lowest BCUT2D eigenvalue weighted by Gasteiger charge is -2.09. The Kier molecular flexibility index (Phi) is 3.56. The third-order valence-corrected chi connectivity index (χ3v) is 4.04. The molecule has 3 nitrogen and oxygen atoms in total. The van der Waals surface area contributed by atoms with Gasteiger partial charge in [-0.3, -0.25) is 9.97 Å². The molecule has 0 aliphatic rings. The number of hydrogen-bond donors (Lipinski definition) is 0. The molecule has 0 spiro atoms. The SMILES string of the molecule is CC(C)c1ccncc1-c1nc(-c2cccnc2)cs1. The molecule has 100 valence electrons. The Morgan fingerprint density at radius 3 is 2.65 bits per heavy atom. The van der Waals surface area contributed by atoms with Crippen molar-refractivity contribution in [2.24, 2.45) is 0 Å². The fraction of sp³-hybridized carbons (Fsp3) is 0.188. The van der Waals surface area contributed by atoms with Crippen molar-refractivity contribution in [1.82, 2.24) is 15.0 Å². The quantitative estimate of drug-likeness (QED) is 0.714. The van der Waals surface area contributed by atoms with Crippen molar-refractivity contribution in [3.63, 3.8) is 0 Å². The minimum absolute atomic E-state index is 0.457. The average Bonchev–Trinajstić information content (AvgIpc) is 2.98. The van der Waals surface area contributed by atoms with Crippen molar-refractivity contribution in [3.05, 3.63) is 53.9 Å². The second-order valence-electron chi connectivity index (χ2n) is 4.90. The van der Waals surface area contributed by atoms with Gasteiger partial charge in [0.1, 0.15) is 5.01 Å². The maximum atomic E-state index is 4.73. The van der Waals surface area contributed by atoms with Gasteiger partial charge < -0.3 is 0 Å². The monoisotopic (exact) mass is 281 g/mol. The average molecular weight is 281 g/mol. The van der Waals surface area contributed by atoms with Gasteiger partial charge in [-0.15, -0.1) is 11.3 Å². The van der Waals surface area contributed by atoms with Gasteiger partial charge in [0.15, 0.2) is 0 Å². The minimum atomic E-state index is 0.457. The Labute approximate surface area is 122 Å². The molecule has 0 saturated heterocycles. The molecular formula is C16H15N3S. The zero-order chi connectivity index (χ0) is 13.9. The molecule has 0 aromatic carbocycles. The molecule has 3 aromatic heterocycles. The van der Waals surface area contributed by atoms with Crippen LogP contribution in [-0.4, -0.2) is 15.0 Å². The summed E-state index contributed by atoms with van der Waals surface area (Å²) in [6.45, 7) is 4.38. The van der Waals surface area contributed by atoms with E-state index >= 15 is 0 Å². The smallest absolute Gasteiger partial charge is 0.125 e. The molecule has 0 fully saturated rings. The number of hydrogen-bond acceptors (Lipinski definition) is 4. The summed E-state index contributed by atoms with van der Waals surface area (Å²) >= 11 is 1.65. The molecule has 4 heteroatoms. The van der Waals surface area contributed by atoms with Crippen molar-refractivity contribution in [2.75, 3.05) is 0 Å². The van der Waals surface area contributed by atoms with Crippen LogP contribution in [-0.2, 0) is 0 Å². The molecule has 0 saturated carbocycles. The fourth-order valence-electron chi connectivity index (χ4n) is 2.13. The van der Waals surface area contributed by atoms with Crippen LogP contribution < -0.4 is 0 Å². The predicted octanol–water partition coefficient (Wildman–Crippen LogP) is 4.39. The zero-order valence-corrected chi connectivity index (χ0v) is 12.3. The summed E-state index contributed by atoms with van der Waals surface area (Å²) in [5.74, 6) is 0.457. The summed E-state index contributed by atoms with van der Waals surface area (Å²) in [6.07, 6.45) is 7.36. The van der Waals surface area contributed by atoms with Crippen LogP contribution in [0.25, 0.3) is 21.8 Å². The van der Waals surface area contributed by atoms with E-state index in [1.807, 2.05) is 30.7 Å². The van der Waals surface area contributed by atoms with E-state index in [0.29, 0.717) is 5.92 Å². The molecule has 0 unspecified atom stereocenters. The molecule has 0 amide bonds. The molecular weight excluding hydrogens is 266 g/mol. The molecule has 0 aliphatic carbocycles. The van der Waals surface area contributed by atoms with Crippen LogP contribution in [0.15, 0.2) is 48.4 Å². The number of aromatic nitrogens is 3. The van der Waals surface area contributed by atoms with Crippen LogP contribution in [0.1, 0.15) is 25.3 Å². The first kappa shape index (κ1) is 12.9. The van der Waals surface area contributed by atoms with Gasteiger partial charge in [-0.05, 0) is 29.7 Å². The van der Waals surface area contributed by atoms with Crippen LogP contribution in [0.2, 0.25) is 0 Å². The van der Waals surface area contributed by atoms with Gasteiger partial charge in [-0.25, -0.2) is 4.98 Å². The molecule has 0 bridgehead atoms. The van der Waals surface area contributed by atoms with Crippen molar-refractivity contribution in [2.45, 2.75) is 19.8 Å². The van der Waals surface area contributed by atoms with Gasteiger partial charge in [0.2, 0.25) is 0 Å². The maximum Gasteiger partial charge on any atom is 0.125 e. The number of pyridine rings is 2. The van der Waals surface area contributed by atoms with Crippen LogP contribution >= 0.6 is 11.3 Å². The highest BCUT2D eigenvalue weighted by molar-refractivity contribution is 7.13. The van der Waals surface area contributed by atoms with Gasteiger partial charge in [0, 0.05) is 41.3 Å². The lowest BCUT2D eigenvalue weighted by molar-refractivity contribution is 0.865. The summed E-state index contributed by atoms with van der Waals surface area (Å²) in [4.78, 5) is 13.1. The molecule has 0 N–H and O–H groups in total. The molecule has 20 heavy (non-hydrogen) atoms. The predicted molar refractivity (Wildman–Crippen MR) is 82.7 cm³/mol. The highest BCUT2D eigenvalue weighted by Crippen LogP contribution is 2.32. The Morgan fingerprint density at radius 2 is 1.90 bits per heavy atom. The van der Waals surface area contributed by atoms with Gasteiger partial charge in [0.25, 0.3) is 0 Å². The summed E-state index contributed by atoms with van der Waals surface area (Å²) in [5, 5.41) is 3.09. The first-order chi connectivity index (χ1) is 9.75. The number of nitrogens with zero attached hydrogens (tertiary/aromatic N) is 3. The minimum Gasteiger partial charge on any atom is -0.264 e. The zero-order valence-electron chi connectivity index (χ0n) is 11.4. The van der Waals surface area contributed by atoms with Gasteiger partial charge in [-0.1, -0.05) is 13.8 Å². The fourth-order valence-corrected chi connectivity index (χ4v) is 2.99. The maximum absolute atomic E-state index is 4.73. The second-order valence-corrected chi connectivity index (χ2v) is 5.76. The van der Waals surface area contributed by atoms with Crippen LogP contribution in [0.4, 0.5) is 0 Å². The molecule has 3 heterocycles. The lowest BCUT2D eigenvalue weighted by Crippen LogP contribution is -1.93. The highest BCUT2D eigenvalue weighted by Gasteiger charge is 2.12. The Hall–Kier alpha value is -2.07. The van der Waals surface area contributed by atoms with E-state index in [1.165, 1.54) is 5.56 Å². The van der Waals surface area contributed by atoms with E-state index in [2.05, 4.69) is 35.3 Å². The Balaban J connectivity index is 2.03. The van der Waals surface area contributed by atoms with E-state index in [4.69, 9.17) is 4.98 Å². The summed E-state index contributed by atoms with van der Waals surface area (Å²) < 4.78 is 0. The summed E-state index contributed by atoms with van der Waals surface area (Å²) in [5.41, 5.74) is 4.43. The molecule has 0 atom stereocenters. The largest absolute Gasteiger partial charge is 0.264 e. The lowest BCUT2D eigenvalue weighted by atomic mass is 10.00. The third-order valence-electron chi connectivity index (χ3n) is 3.17. The van der Waals surface area contributed by atoms with Gasteiger partial charge >= 0.3 is 0 Å². The molecule has 3 rings (SSSR count). The Bertz CT molecular complexity index is 705. The standard InChI is InChI=1S/C16H15N3S/c1-11(2)13-5-7-18-9-14(13)16-19-15(10-20-16)12-4-3-6-17-8-12/h3-11H,1-2H3. The van der Waals surface area contributed by atoms with Crippen molar-refractivity contribution >= 4 is 11.3 Å². The molecule has 0 aliphatic heterocycles. The third kappa shape index (κ3) is 2.47. The van der Waals surface area contributed by atoms with E-state index in [9.17, 15) is 0 Å². The summed E-state index contributed by atoms with van der Waals surface area (Å²) in [6, 6.07) is 6.03. The normalized spacial score (nSPS) is 10.9. The van der Waals surface area contributed by atoms with Crippen molar-refractivity contribution < 1.29 is 0 Å². The second kappa shape index (κ2) is 5.51. The highest BCUT2D eigenvalue weighted by atomic mass is 32.1. The molecule has 3 aromatic rings. The Morgan fingerprint density at radius 1 is 1.05 bits per heavy atom. The van der Waals surface area contributed by atoms with E-state index < -0.39 is 0 Å². The van der Waals surface area contributed by atoms with Crippen LogP contribution in [0.5, 0.6) is 0 Å². The van der Waals surface area contributed by atoms with Gasteiger partial charge in [-0.2, -0.15) is 0 Å². The van der Waals surface area contributed by atoms with Crippen molar-refractivity contribution in [1.29, 1.82) is 0 Å². The first-order valence-corrected chi connectivity index (χ1v) is 7.44. The number of rotatable bonds is 3. The van der Waals surface area contributed by atoms with E-state index in [-0.39, 0.29) is 0 Å². The van der Waals surface area contributed by atoms with Crippen molar-refractivity contribution in [3.8, 4) is 21.8 Å². The van der Waals surface area contributed by atoms with Crippen LogP contribution in [0, 0.1) is 0 Å². The van der Waals surface area contributed by atoms with Gasteiger partial charge in [0.05, 0.1) is 5.69 Å². The number of thiazole rings is 1. The first-order valence-electron chi connectivity index (χ1n) is 6.56. The summed E-state index contributed by atoms with van der Waals surface area (Å²) in [7, 11) is 0. The topological polar surface area (TPSA) is 38.7 Å².